The second-order valence-electron chi connectivity index (χ2n) is 9.38. The summed E-state index contributed by atoms with van der Waals surface area (Å²) in [5.41, 5.74) is 2.93. The smallest absolute Gasteiger partial charge is 0.330 e. The van der Waals surface area contributed by atoms with Crippen LogP contribution in [0.2, 0.25) is 5.02 Å². The lowest BCUT2D eigenvalue weighted by atomic mass is 9.86. The number of amidine groups is 1. The van der Waals surface area contributed by atoms with E-state index in [1.54, 1.807) is 9.80 Å². The van der Waals surface area contributed by atoms with Gasteiger partial charge < -0.3 is 14.7 Å². The standard InChI is InChI=1S/C24H28ClN5O3/c1-24(2,15-31)20-14-30-22(27-20)21-19(11-18(12-26-21)28-7-9-33-10-8-28)29(23(30)32)13-16-3-5-17(25)6-4-16/h3-6,11-12,20,31H,7-10,13-15H2,1-2H3. The number of aromatic nitrogens is 1. The van der Waals surface area contributed by atoms with Crippen LogP contribution in [0.15, 0.2) is 41.5 Å². The average Bonchev–Trinajstić information content (AvgIpc) is 3.30. The molecule has 1 aromatic carbocycles. The molecule has 1 aromatic heterocycles. The monoisotopic (exact) mass is 469 g/mol. The van der Waals surface area contributed by atoms with Crippen molar-refractivity contribution >= 4 is 34.8 Å². The van der Waals surface area contributed by atoms with Gasteiger partial charge in [-0.05, 0) is 23.8 Å². The molecular weight excluding hydrogens is 442 g/mol. The van der Waals surface area contributed by atoms with Crippen molar-refractivity contribution < 1.29 is 14.6 Å². The van der Waals surface area contributed by atoms with Gasteiger partial charge in [-0.1, -0.05) is 37.6 Å². The zero-order valence-electron chi connectivity index (χ0n) is 18.9. The van der Waals surface area contributed by atoms with E-state index in [2.05, 4.69) is 4.90 Å². The molecule has 2 aromatic rings. The molecule has 0 spiro atoms. The number of aliphatic imine (C=N–C) groups is 1. The molecule has 0 saturated carbocycles. The summed E-state index contributed by atoms with van der Waals surface area (Å²) in [7, 11) is 0. The van der Waals surface area contributed by atoms with Crippen LogP contribution in [-0.4, -0.2) is 72.4 Å². The van der Waals surface area contributed by atoms with E-state index in [0.29, 0.717) is 42.9 Å². The van der Waals surface area contributed by atoms with E-state index >= 15 is 0 Å². The highest BCUT2D eigenvalue weighted by molar-refractivity contribution is 6.30. The van der Waals surface area contributed by atoms with Gasteiger partial charge in [0.25, 0.3) is 0 Å². The number of anilines is 2. The molecule has 9 heteroatoms. The van der Waals surface area contributed by atoms with Crippen LogP contribution in [0.5, 0.6) is 0 Å². The highest BCUT2D eigenvalue weighted by Crippen LogP contribution is 2.37. The van der Waals surface area contributed by atoms with Gasteiger partial charge in [0.05, 0.1) is 56.5 Å². The fourth-order valence-electron chi connectivity index (χ4n) is 4.39. The average molecular weight is 470 g/mol. The number of carbonyl (C=O) groups excluding carboxylic acids is 1. The number of aliphatic hydroxyl groups is 1. The molecule has 4 heterocycles. The van der Waals surface area contributed by atoms with Crippen LogP contribution < -0.4 is 9.80 Å². The van der Waals surface area contributed by atoms with Gasteiger partial charge in [-0.25, -0.2) is 9.78 Å². The minimum absolute atomic E-state index is 0.0127. The summed E-state index contributed by atoms with van der Waals surface area (Å²) in [6.45, 7) is 7.64. The summed E-state index contributed by atoms with van der Waals surface area (Å²) >= 11 is 6.07. The van der Waals surface area contributed by atoms with Crippen molar-refractivity contribution in [3.05, 3.63) is 52.8 Å². The Labute approximate surface area is 198 Å². The van der Waals surface area contributed by atoms with Gasteiger partial charge in [0.15, 0.2) is 5.84 Å². The molecule has 5 rings (SSSR count). The Bertz CT molecular complexity index is 1080. The Morgan fingerprint density at radius 3 is 2.64 bits per heavy atom. The first-order valence-electron chi connectivity index (χ1n) is 11.2. The van der Waals surface area contributed by atoms with Gasteiger partial charge in [0.2, 0.25) is 0 Å². The molecule has 33 heavy (non-hydrogen) atoms. The van der Waals surface area contributed by atoms with Gasteiger partial charge in [-0.3, -0.25) is 14.8 Å². The zero-order chi connectivity index (χ0) is 23.2. The second-order valence-corrected chi connectivity index (χ2v) is 9.82. The van der Waals surface area contributed by atoms with Crippen molar-refractivity contribution in [3.8, 4) is 0 Å². The fourth-order valence-corrected chi connectivity index (χ4v) is 4.52. The van der Waals surface area contributed by atoms with Crippen LogP contribution in [0.1, 0.15) is 25.1 Å². The number of halogens is 1. The molecule has 2 amide bonds. The van der Waals surface area contributed by atoms with Gasteiger partial charge in [0, 0.05) is 23.5 Å². The molecule has 1 unspecified atom stereocenters. The van der Waals surface area contributed by atoms with E-state index in [0.717, 1.165) is 30.0 Å². The first kappa shape index (κ1) is 22.1. The summed E-state index contributed by atoms with van der Waals surface area (Å²) < 4.78 is 5.49. The van der Waals surface area contributed by atoms with Gasteiger partial charge in [-0.15, -0.1) is 0 Å². The Morgan fingerprint density at radius 1 is 1.21 bits per heavy atom. The third kappa shape index (κ3) is 4.07. The van der Waals surface area contributed by atoms with Crippen LogP contribution >= 0.6 is 11.6 Å². The van der Waals surface area contributed by atoms with Gasteiger partial charge in [0.1, 0.15) is 5.69 Å². The number of nitrogens with zero attached hydrogens (tertiary/aromatic N) is 5. The maximum absolute atomic E-state index is 13.7. The van der Waals surface area contributed by atoms with Crippen molar-refractivity contribution in [1.29, 1.82) is 0 Å². The van der Waals surface area contributed by atoms with E-state index < -0.39 is 5.41 Å². The molecule has 1 N–H and O–H groups in total. The van der Waals surface area contributed by atoms with Crippen molar-refractivity contribution in [2.45, 2.75) is 26.4 Å². The number of amides is 2. The Kier molecular flexibility index (Phi) is 5.76. The number of morpholine rings is 1. The molecule has 0 bridgehead atoms. The summed E-state index contributed by atoms with van der Waals surface area (Å²) in [5, 5.41) is 10.5. The minimum atomic E-state index is -0.445. The molecule has 3 aliphatic heterocycles. The highest BCUT2D eigenvalue weighted by Gasteiger charge is 2.45. The summed E-state index contributed by atoms with van der Waals surface area (Å²) in [5.74, 6) is 0.586. The number of rotatable bonds is 5. The molecule has 1 saturated heterocycles. The zero-order valence-corrected chi connectivity index (χ0v) is 19.6. The van der Waals surface area contributed by atoms with E-state index in [4.69, 9.17) is 26.3 Å². The van der Waals surface area contributed by atoms with Crippen LogP contribution in [0.3, 0.4) is 0 Å². The Hall–Kier alpha value is -2.68. The number of hydrogen-bond acceptors (Lipinski definition) is 6. The lowest BCUT2D eigenvalue weighted by Gasteiger charge is -2.36. The third-order valence-electron chi connectivity index (χ3n) is 6.65. The molecule has 1 atom stereocenters. The SMILES string of the molecule is CC(C)(CO)C1CN2C(=O)N(Cc3ccc(Cl)cc3)c3cc(N4CCOCC4)cnc3C2=N1. The molecule has 0 aliphatic carbocycles. The molecule has 8 nitrogen and oxygen atoms in total. The molecule has 3 aliphatic rings. The number of carbonyl (C=O) groups is 1. The number of benzene rings is 1. The number of ether oxygens (including phenoxy) is 1. The maximum Gasteiger partial charge on any atom is 0.330 e. The van der Waals surface area contributed by atoms with Crippen molar-refractivity contribution in [3.63, 3.8) is 0 Å². The number of fused-ring (bicyclic) bond motifs is 3. The van der Waals surface area contributed by atoms with E-state index in [9.17, 15) is 9.90 Å². The summed E-state index contributed by atoms with van der Waals surface area (Å²) in [6.07, 6.45) is 1.85. The lowest BCUT2D eigenvalue weighted by Crippen LogP contribution is -2.51. The molecule has 174 valence electrons. The number of aliphatic hydroxyl groups excluding tert-OH is 1. The number of urea groups is 1. The van der Waals surface area contributed by atoms with E-state index in [1.807, 2.05) is 50.4 Å². The van der Waals surface area contributed by atoms with Crippen LogP contribution in [0.25, 0.3) is 0 Å². The molecule has 1 fully saturated rings. The Balaban J connectivity index is 1.56. The predicted octanol–water partition coefficient (Wildman–Crippen LogP) is 3.16. The van der Waals surface area contributed by atoms with Crippen LogP contribution in [0.4, 0.5) is 16.2 Å². The van der Waals surface area contributed by atoms with E-state index in [-0.39, 0.29) is 18.7 Å². The molecule has 0 radical (unpaired) electrons. The van der Waals surface area contributed by atoms with Crippen molar-refractivity contribution in [2.24, 2.45) is 10.4 Å². The first-order chi connectivity index (χ1) is 15.9. The maximum atomic E-state index is 13.7. The van der Waals surface area contributed by atoms with Crippen LogP contribution in [0, 0.1) is 5.41 Å². The van der Waals surface area contributed by atoms with Gasteiger partial charge >= 0.3 is 6.03 Å². The lowest BCUT2D eigenvalue weighted by molar-refractivity contribution is 0.122. The highest BCUT2D eigenvalue weighted by atomic mass is 35.5. The normalized spacial score (nSPS) is 20.6. The van der Waals surface area contributed by atoms with E-state index in [1.165, 1.54) is 0 Å². The molecular formula is C24H28ClN5O3. The van der Waals surface area contributed by atoms with Crippen molar-refractivity contribution in [2.75, 3.05) is 49.3 Å². The third-order valence-corrected chi connectivity index (χ3v) is 6.90. The summed E-state index contributed by atoms with van der Waals surface area (Å²) in [6, 6.07) is 9.22. The first-order valence-corrected chi connectivity index (χ1v) is 11.6. The van der Waals surface area contributed by atoms with Crippen molar-refractivity contribution in [1.82, 2.24) is 9.88 Å². The quantitative estimate of drug-likeness (QED) is 0.727. The topological polar surface area (TPSA) is 81.5 Å². The second kappa shape index (κ2) is 8.59. The summed E-state index contributed by atoms with van der Waals surface area (Å²) in [4.78, 5) is 29.0. The van der Waals surface area contributed by atoms with Crippen LogP contribution in [-0.2, 0) is 11.3 Å². The van der Waals surface area contributed by atoms with Gasteiger partial charge in [-0.2, -0.15) is 0 Å². The predicted molar refractivity (Wildman–Crippen MR) is 128 cm³/mol. The Morgan fingerprint density at radius 2 is 1.94 bits per heavy atom. The fraction of sp³-hybridized carbons (Fsp3) is 0.458. The number of pyridine rings is 1. The largest absolute Gasteiger partial charge is 0.396 e. The minimum Gasteiger partial charge on any atom is -0.396 e. The number of hydrogen-bond donors (Lipinski definition) is 1.